The van der Waals surface area contributed by atoms with Gasteiger partial charge in [-0.2, -0.15) is 5.26 Å². The van der Waals surface area contributed by atoms with Gasteiger partial charge in [-0.15, -0.1) is 0 Å². The average Bonchev–Trinajstić information content (AvgIpc) is 2.88. The third-order valence-electron chi connectivity index (χ3n) is 3.71. The van der Waals surface area contributed by atoms with Crippen LogP contribution in [0, 0.1) is 25.2 Å². The van der Waals surface area contributed by atoms with Gasteiger partial charge in [0.2, 0.25) is 0 Å². The highest BCUT2D eigenvalue weighted by Gasteiger charge is 2.19. The van der Waals surface area contributed by atoms with Crippen molar-refractivity contribution in [2.24, 2.45) is 0 Å². The normalized spacial score (nSPS) is 11.0. The summed E-state index contributed by atoms with van der Waals surface area (Å²) in [4.78, 5) is 27.4. The maximum atomic E-state index is 12.3. The van der Waals surface area contributed by atoms with Gasteiger partial charge in [0.15, 0.2) is 0 Å². The van der Waals surface area contributed by atoms with Crippen molar-refractivity contribution in [2.45, 2.75) is 20.8 Å². The predicted octanol–water partition coefficient (Wildman–Crippen LogP) is 4.01. The number of benzene rings is 1. The number of hydrogen-bond donors (Lipinski definition) is 2. The van der Waals surface area contributed by atoms with Gasteiger partial charge in [-0.05, 0) is 56.7 Å². The number of H-pyrrole nitrogens is 1. The van der Waals surface area contributed by atoms with Crippen LogP contribution in [0.2, 0.25) is 5.02 Å². The van der Waals surface area contributed by atoms with Crippen LogP contribution in [0.3, 0.4) is 0 Å². The fraction of sp³-hybridized carbons (Fsp3) is 0.211. The molecule has 6 nitrogen and oxygen atoms in total. The van der Waals surface area contributed by atoms with Gasteiger partial charge >= 0.3 is 5.97 Å². The van der Waals surface area contributed by atoms with E-state index in [9.17, 15) is 14.9 Å². The number of hydrogen-bond acceptors (Lipinski definition) is 4. The first kappa shape index (κ1) is 19.3. The Hall–Kier alpha value is -3.04. The fourth-order valence-electron chi connectivity index (χ4n) is 2.45. The molecule has 0 bridgehead atoms. The summed E-state index contributed by atoms with van der Waals surface area (Å²) in [5, 5.41) is 12.5. The minimum atomic E-state index is -0.556. The van der Waals surface area contributed by atoms with Crippen LogP contribution < -0.4 is 5.32 Å². The molecule has 1 heterocycles. The number of carbonyl (C=O) groups is 2. The summed E-state index contributed by atoms with van der Waals surface area (Å²) in [5.74, 6) is -0.998. The maximum absolute atomic E-state index is 12.3. The molecule has 1 amide bonds. The van der Waals surface area contributed by atoms with Crippen LogP contribution in [0.15, 0.2) is 29.8 Å². The molecule has 0 unspecified atom stereocenters. The number of ether oxygens (including phenoxy) is 1. The molecule has 0 saturated heterocycles. The lowest BCUT2D eigenvalue weighted by Crippen LogP contribution is -2.13. The van der Waals surface area contributed by atoms with Crippen molar-refractivity contribution in [3.8, 4) is 6.07 Å². The van der Waals surface area contributed by atoms with Crippen molar-refractivity contribution in [2.75, 3.05) is 11.9 Å². The molecule has 2 aromatic rings. The van der Waals surface area contributed by atoms with Crippen LogP contribution in [-0.4, -0.2) is 23.5 Å². The number of amides is 1. The Bertz CT molecular complexity index is 905. The molecule has 0 aliphatic heterocycles. The van der Waals surface area contributed by atoms with Gasteiger partial charge in [0.05, 0.1) is 12.2 Å². The molecule has 0 spiro atoms. The Morgan fingerprint density at radius 2 is 1.96 bits per heavy atom. The van der Waals surface area contributed by atoms with Crippen LogP contribution in [0.4, 0.5) is 5.69 Å². The summed E-state index contributed by atoms with van der Waals surface area (Å²) in [7, 11) is 0. The van der Waals surface area contributed by atoms with Crippen LogP contribution in [0.25, 0.3) is 6.08 Å². The second-order valence-corrected chi connectivity index (χ2v) is 5.95. The standard InChI is InChI=1S/C19H18ClN3O3/c1-4-26-19(25)17-11(2)16(22-12(17)3)9-13(10-21)18(24)23-15-7-5-14(20)6-8-15/h5-9,22H,4H2,1-3H3,(H,23,24)/b13-9+. The first-order valence-electron chi connectivity index (χ1n) is 7.92. The Kier molecular flexibility index (Phi) is 6.21. The molecule has 26 heavy (non-hydrogen) atoms. The molecule has 134 valence electrons. The minimum Gasteiger partial charge on any atom is -0.462 e. The monoisotopic (exact) mass is 371 g/mol. The number of aromatic amines is 1. The van der Waals surface area contributed by atoms with E-state index in [0.29, 0.717) is 33.2 Å². The lowest BCUT2D eigenvalue weighted by atomic mass is 10.1. The van der Waals surface area contributed by atoms with Crippen LogP contribution in [-0.2, 0) is 9.53 Å². The number of nitrogens with zero attached hydrogens (tertiary/aromatic N) is 1. The van der Waals surface area contributed by atoms with Crippen LogP contribution in [0.1, 0.15) is 34.2 Å². The lowest BCUT2D eigenvalue weighted by Gasteiger charge is -2.04. The highest BCUT2D eigenvalue weighted by Crippen LogP contribution is 2.22. The number of rotatable bonds is 5. The van der Waals surface area contributed by atoms with Gasteiger partial charge in [-0.3, -0.25) is 4.79 Å². The highest BCUT2D eigenvalue weighted by atomic mass is 35.5. The number of esters is 1. The Morgan fingerprint density at radius 3 is 2.54 bits per heavy atom. The van der Waals surface area contributed by atoms with Gasteiger partial charge in [-0.25, -0.2) is 4.79 Å². The van der Waals surface area contributed by atoms with Crippen molar-refractivity contribution >= 4 is 35.2 Å². The average molecular weight is 372 g/mol. The number of halogens is 1. The van der Waals surface area contributed by atoms with E-state index in [1.54, 1.807) is 45.0 Å². The zero-order valence-corrected chi connectivity index (χ0v) is 15.4. The molecule has 2 N–H and O–H groups in total. The second kappa shape index (κ2) is 8.37. The first-order valence-corrected chi connectivity index (χ1v) is 8.30. The third kappa shape index (κ3) is 4.32. The topological polar surface area (TPSA) is 95.0 Å². The van der Waals surface area contributed by atoms with Crippen LogP contribution >= 0.6 is 11.6 Å². The molecule has 0 radical (unpaired) electrons. The molecule has 0 atom stereocenters. The van der Waals surface area contributed by atoms with E-state index in [2.05, 4.69) is 10.3 Å². The van der Waals surface area contributed by atoms with Gasteiger partial charge in [0.25, 0.3) is 5.91 Å². The van der Waals surface area contributed by atoms with Crippen LogP contribution in [0.5, 0.6) is 0 Å². The van der Waals surface area contributed by atoms with Crippen molar-refractivity contribution in [1.82, 2.24) is 4.98 Å². The number of aryl methyl sites for hydroxylation is 1. The molecule has 2 rings (SSSR count). The Labute approximate surface area is 156 Å². The zero-order valence-electron chi connectivity index (χ0n) is 14.6. The quantitative estimate of drug-likeness (QED) is 0.471. The highest BCUT2D eigenvalue weighted by molar-refractivity contribution is 6.30. The smallest absolute Gasteiger partial charge is 0.340 e. The van der Waals surface area contributed by atoms with E-state index in [1.807, 2.05) is 6.07 Å². The molecule has 7 heteroatoms. The number of carbonyl (C=O) groups excluding carboxylic acids is 2. The summed E-state index contributed by atoms with van der Waals surface area (Å²) >= 11 is 5.81. The van der Waals surface area contributed by atoms with E-state index in [0.717, 1.165) is 0 Å². The summed E-state index contributed by atoms with van der Waals surface area (Å²) in [5.41, 5.74) is 2.57. The van der Waals surface area contributed by atoms with Gasteiger partial charge < -0.3 is 15.0 Å². The molecular weight excluding hydrogens is 354 g/mol. The van der Waals surface area contributed by atoms with Crippen molar-refractivity contribution in [3.05, 3.63) is 57.4 Å². The summed E-state index contributed by atoms with van der Waals surface area (Å²) in [6.07, 6.45) is 1.41. The number of anilines is 1. The molecule has 0 aliphatic rings. The molecule has 0 aliphatic carbocycles. The molecule has 1 aromatic carbocycles. The second-order valence-electron chi connectivity index (χ2n) is 5.51. The Morgan fingerprint density at radius 1 is 1.31 bits per heavy atom. The number of nitrogens with one attached hydrogen (secondary N) is 2. The summed E-state index contributed by atoms with van der Waals surface area (Å²) in [6, 6.07) is 8.43. The summed E-state index contributed by atoms with van der Waals surface area (Å²) in [6.45, 7) is 5.45. The van der Waals surface area contributed by atoms with E-state index in [4.69, 9.17) is 16.3 Å². The van der Waals surface area contributed by atoms with Gasteiger partial charge in [0.1, 0.15) is 11.6 Å². The Balaban J connectivity index is 2.30. The molecule has 0 saturated carbocycles. The van der Waals surface area contributed by atoms with Crippen molar-refractivity contribution in [3.63, 3.8) is 0 Å². The molecular formula is C19H18ClN3O3. The van der Waals surface area contributed by atoms with Gasteiger partial charge in [-0.1, -0.05) is 11.6 Å². The lowest BCUT2D eigenvalue weighted by molar-refractivity contribution is -0.112. The maximum Gasteiger partial charge on any atom is 0.340 e. The zero-order chi connectivity index (χ0) is 19.3. The predicted molar refractivity (Wildman–Crippen MR) is 99.9 cm³/mol. The molecule has 1 aromatic heterocycles. The van der Waals surface area contributed by atoms with E-state index in [-0.39, 0.29) is 12.2 Å². The number of aromatic nitrogens is 1. The van der Waals surface area contributed by atoms with E-state index >= 15 is 0 Å². The fourth-order valence-corrected chi connectivity index (χ4v) is 2.58. The van der Waals surface area contributed by atoms with E-state index in [1.165, 1.54) is 6.08 Å². The van der Waals surface area contributed by atoms with Gasteiger partial charge in [0, 0.05) is 22.1 Å². The van der Waals surface area contributed by atoms with Crippen molar-refractivity contribution in [1.29, 1.82) is 5.26 Å². The third-order valence-corrected chi connectivity index (χ3v) is 3.96. The number of nitriles is 1. The van der Waals surface area contributed by atoms with Crippen molar-refractivity contribution < 1.29 is 14.3 Å². The largest absolute Gasteiger partial charge is 0.462 e. The molecule has 0 fully saturated rings. The minimum absolute atomic E-state index is 0.0975. The summed E-state index contributed by atoms with van der Waals surface area (Å²) < 4.78 is 5.04. The SMILES string of the molecule is CCOC(=O)c1c(C)[nH]c(/C=C(\C#N)C(=O)Nc2ccc(Cl)cc2)c1C. The first-order chi connectivity index (χ1) is 12.4. The van der Waals surface area contributed by atoms with E-state index < -0.39 is 11.9 Å².